The fourth-order valence-electron chi connectivity index (χ4n) is 3.85. The number of rotatable bonds is 2. The van der Waals surface area contributed by atoms with Crippen molar-refractivity contribution >= 4 is 35.0 Å². The molecule has 0 aromatic carbocycles. The van der Waals surface area contributed by atoms with Crippen molar-refractivity contribution in [3.8, 4) is 0 Å². The van der Waals surface area contributed by atoms with Gasteiger partial charge >= 0.3 is 0 Å². The number of ether oxygens (including phenoxy) is 4. The van der Waals surface area contributed by atoms with Crippen molar-refractivity contribution in [2.24, 2.45) is 0 Å². The van der Waals surface area contributed by atoms with Crippen molar-refractivity contribution < 1.29 is 51.7 Å². The van der Waals surface area contributed by atoms with E-state index in [-0.39, 0.29) is 51.6 Å². The van der Waals surface area contributed by atoms with Gasteiger partial charge in [0.15, 0.2) is 0 Å². The van der Waals surface area contributed by atoms with E-state index in [0.717, 1.165) is 52.9 Å². The first-order valence-corrected chi connectivity index (χ1v) is 21.7. The molecule has 220 valence electrons. The summed E-state index contributed by atoms with van der Waals surface area (Å²) in [5.74, 6) is 0. The summed E-state index contributed by atoms with van der Waals surface area (Å²) < 4.78 is 19.8. The van der Waals surface area contributed by atoms with Crippen molar-refractivity contribution in [1.29, 1.82) is 0 Å². The molecule has 1 saturated carbocycles. The second kappa shape index (κ2) is 32.9. The Morgan fingerprint density at radius 2 is 0.538 bits per heavy atom. The van der Waals surface area contributed by atoms with Gasteiger partial charge < -0.3 is 24.6 Å². The second-order valence-electron chi connectivity index (χ2n) is 11.7. The van der Waals surface area contributed by atoms with Crippen LogP contribution in [0.3, 0.4) is 0 Å². The van der Waals surface area contributed by atoms with Gasteiger partial charge in [-0.3, -0.25) is 0 Å². The summed E-state index contributed by atoms with van der Waals surface area (Å²) >= 11 is 0. The van der Waals surface area contributed by atoms with E-state index in [9.17, 15) is 0 Å². The summed E-state index contributed by atoms with van der Waals surface area (Å²) in [6.07, 6.45) is 26.2. The smallest absolute Gasteiger partial charge is 0.0466 e. The fourth-order valence-corrected chi connectivity index (χ4v) is 14.2. The van der Waals surface area contributed by atoms with Crippen LogP contribution in [0.15, 0.2) is 0 Å². The normalized spacial score (nSPS) is 20.5. The third kappa shape index (κ3) is 44.5. The number of hydrogen-bond acceptors (Lipinski definition) is 4. The summed E-state index contributed by atoms with van der Waals surface area (Å²) in [7, 11) is -1.71. The minimum Gasteiger partial charge on any atom is -0.381 e. The predicted octanol–water partition coefficient (Wildman–Crippen LogP) is 7.38. The Bertz CT molecular complexity index is 340. The Morgan fingerprint density at radius 3 is 0.590 bits per heavy atom. The largest absolute Gasteiger partial charge is 0.381 e. The van der Waals surface area contributed by atoms with Gasteiger partial charge in [-0.15, -0.1) is 16.1 Å². The van der Waals surface area contributed by atoms with Gasteiger partial charge in [-0.05, 0) is 103 Å². The first-order valence-electron chi connectivity index (χ1n) is 14.6. The van der Waals surface area contributed by atoms with E-state index in [2.05, 4.69) is 44.9 Å². The van der Waals surface area contributed by atoms with Gasteiger partial charge in [0, 0.05) is 104 Å². The van der Waals surface area contributed by atoms with Gasteiger partial charge in [-0.25, -0.2) is 0 Å². The zero-order chi connectivity index (χ0) is 27.5. The van der Waals surface area contributed by atoms with E-state index < -0.39 is 16.1 Å². The second-order valence-corrected chi connectivity index (χ2v) is 22.3. The molecular weight excluding hydrogens is 588 g/mol. The van der Waals surface area contributed by atoms with E-state index in [0.29, 0.717) is 0 Å². The average Bonchev–Trinajstić information content (AvgIpc) is 3.63. The van der Waals surface area contributed by atoms with Crippen molar-refractivity contribution in [3.05, 3.63) is 57.0 Å². The molecule has 0 unspecified atom stereocenters. The Labute approximate surface area is 285 Å². The molecule has 1 aliphatic carbocycles. The minimum atomic E-state index is -0.856. The molecule has 0 bridgehead atoms. The van der Waals surface area contributed by atoms with Gasteiger partial charge in [0.2, 0.25) is 0 Å². The van der Waals surface area contributed by atoms with Crippen molar-refractivity contribution in [3.63, 3.8) is 0 Å². The van der Waals surface area contributed by atoms with E-state index in [4.69, 9.17) is 18.9 Å². The maximum absolute atomic E-state index is 4.94. The Morgan fingerprint density at radius 1 is 0.385 bits per heavy atom. The molecular formula is C31H59LiO4Si2Y-. The summed E-state index contributed by atoms with van der Waals surface area (Å²) in [4.78, 5) is 0. The summed E-state index contributed by atoms with van der Waals surface area (Å²) in [5.41, 5.74) is 2.65. The van der Waals surface area contributed by atoms with Gasteiger partial charge in [0.25, 0.3) is 0 Å². The molecule has 5 fully saturated rings. The molecule has 4 nitrogen and oxygen atoms in total. The molecule has 4 aliphatic heterocycles. The van der Waals surface area contributed by atoms with E-state index in [1.807, 2.05) is 51.4 Å². The van der Waals surface area contributed by atoms with E-state index in [1.165, 1.54) is 51.4 Å². The van der Waals surface area contributed by atoms with Gasteiger partial charge in [-0.1, -0.05) is 39.3 Å². The van der Waals surface area contributed by atoms with Crippen LogP contribution in [0.4, 0.5) is 0 Å². The molecule has 39 heavy (non-hydrogen) atoms. The van der Waals surface area contributed by atoms with Crippen LogP contribution in [-0.4, -0.2) is 87.9 Å². The Kier molecular flexibility index (Phi) is 38.3. The van der Waals surface area contributed by atoms with Gasteiger partial charge in [0.05, 0.1) is 0 Å². The molecule has 0 aromatic rings. The van der Waals surface area contributed by atoms with Crippen LogP contribution in [0.25, 0.3) is 0 Å². The third-order valence-electron chi connectivity index (χ3n) is 5.06. The van der Waals surface area contributed by atoms with Crippen LogP contribution in [0.5, 0.6) is 0 Å². The Hall–Kier alpha value is 1.98. The van der Waals surface area contributed by atoms with Gasteiger partial charge in [0.1, 0.15) is 0 Å². The topological polar surface area (TPSA) is 36.9 Å². The molecule has 5 aliphatic rings. The molecule has 0 N–H and O–H groups in total. The Balaban J connectivity index is -0.000000401. The molecule has 0 aromatic heterocycles. The maximum atomic E-state index is 4.94. The summed E-state index contributed by atoms with van der Waals surface area (Å²) in [6, 6.07) is 0. The monoisotopic (exact) mass is 647 g/mol. The SMILES string of the molecule is C1CCOC1.C1CCOC1.C1CCOC1.C1CCOC1.C[Si](C)(C)[CH-][Si](C)(C)C.[CH]1[CH][CH][CH][CH][CH][CH][CH]1.[Li].[Y]. The van der Waals surface area contributed by atoms with Crippen LogP contribution in [-0.2, 0) is 51.7 Å². The van der Waals surface area contributed by atoms with Gasteiger partial charge in [-0.2, -0.15) is 0 Å². The third-order valence-corrected chi connectivity index (χ3v) is 12.0. The first-order chi connectivity index (χ1) is 17.7. The van der Waals surface area contributed by atoms with Crippen LogP contribution in [0.1, 0.15) is 51.4 Å². The molecule has 10 radical (unpaired) electrons. The quantitative estimate of drug-likeness (QED) is 0.232. The predicted molar refractivity (Wildman–Crippen MR) is 171 cm³/mol. The molecule has 0 atom stereocenters. The zero-order valence-corrected chi connectivity index (χ0v) is 31.6. The van der Waals surface area contributed by atoms with Crippen LogP contribution >= 0.6 is 0 Å². The first kappa shape index (κ1) is 45.4. The van der Waals surface area contributed by atoms with E-state index in [1.54, 1.807) is 0 Å². The number of hydrogen-bond donors (Lipinski definition) is 0. The van der Waals surface area contributed by atoms with Crippen LogP contribution < -0.4 is 0 Å². The molecule has 4 saturated heterocycles. The van der Waals surface area contributed by atoms with E-state index >= 15 is 0 Å². The molecule has 4 heterocycles. The average molecular weight is 648 g/mol. The summed E-state index contributed by atoms with van der Waals surface area (Å²) in [5, 5.41) is 0. The van der Waals surface area contributed by atoms with Crippen LogP contribution in [0, 0.1) is 57.0 Å². The molecule has 8 heteroatoms. The fraction of sp³-hybridized carbons (Fsp3) is 0.710. The molecule has 0 amide bonds. The van der Waals surface area contributed by atoms with Crippen LogP contribution in [0.2, 0.25) is 39.3 Å². The maximum Gasteiger partial charge on any atom is 0.0466 e. The molecule has 0 spiro atoms. The molecule has 5 rings (SSSR count). The minimum absolute atomic E-state index is 0. The van der Waals surface area contributed by atoms with Crippen molar-refractivity contribution in [2.75, 3.05) is 52.9 Å². The standard InChI is InChI=1S/C8H8.C7H19Si2.4C4H8O.Li.Y/c1-2-4-6-8-7-5-3-1;1-8(2,3)7-9(4,5)6;4*1-2-4-5-3-1;;/h1-8H;7H,1-6H3;4*1-4H2;;/q;-1;;;;;;. The summed E-state index contributed by atoms with van der Waals surface area (Å²) in [6.45, 7) is 22.4. The van der Waals surface area contributed by atoms with Crippen molar-refractivity contribution in [1.82, 2.24) is 0 Å². The van der Waals surface area contributed by atoms with Crippen molar-refractivity contribution in [2.45, 2.75) is 90.6 Å². The zero-order valence-electron chi connectivity index (χ0n) is 26.7.